The number of sulfonamides is 1. The van der Waals surface area contributed by atoms with Gasteiger partial charge in [0.25, 0.3) is 10.0 Å². The number of hydrogen-bond donors (Lipinski definition) is 0. The van der Waals surface area contributed by atoms with Crippen molar-refractivity contribution in [1.82, 2.24) is 0 Å². The molecule has 1 aliphatic heterocycles. The van der Waals surface area contributed by atoms with Crippen LogP contribution in [0.1, 0.15) is 16.7 Å². The Bertz CT molecular complexity index is 1210. The summed E-state index contributed by atoms with van der Waals surface area (Å²) in [7, 11) is -4.07. The maximum absolute atomic E-state index is 13.5. The van der Waals surface area contributed by atoms with Gasteiger partial charge in [0.05, 0.1) is 17.9 Å². The van der Waals surface area contributed by atoms with E-state index in [4.69, 9.17) is 11.6 Å². The van der Waals surface area contributed by atoms with Gasteiger partial charge in [-0.15, -0.1) is 0 Å². The molecule has 1 aliphatic rings. The first-order valence-corrected chi connectivity index (χ1v) is 10.9. The van der Waals surface area contributed by atoms with Crippen molar-refractivity contribution in [2.75, 3.05) is 9.21 Å². The molecule has 4 rings (SSSR count). The van der Waals surface area contributed by atoms with E-state index in [0.717, 1.165) is 15.4 Å². The molecule has 5 nitrogen and oxygen atoms in total. The molecule has 29 heavy (non-hydrogen) atoms. The molecule has 1 heterocycles. The molecule has 7 heteroatoms. The summed E-state index contributed by atoms with van der Waals surface area (Å²) in [6.07, 6.45) is 0. The van der Waals surface area contributed by atoms with Gasteiger partial charge in [0.1, 0.15) is 4.90 Å². The first-order chi connectivity index (χ1) is 13.8. The SMILES string of the molecule is Cc1ccc(CN2C(=O)N(c3cc(Cl)ccc3C)S(=O)(=O)c3ccccc32)cc1. The monoisotopic (exact) mass is 426 g/mol. The molecule has 0 bridgehead atoms. The summed E-state index contributed by atoms with van der Waals surface area (Å²) in [6, 6.07) is 18.6. The molecular formula is C22H19ClN2O3S. The van der Waals surface area contributed by atoms with Crippen molar-refractivity contribution in [3.8, 4) is 0 Å². The Labute approximate surface area is 175 Å². The second kappa shape index (κ2) is 7.21. The molecule has 0 spiro atoms. The summed E-state index contributed by atoms with van der Waals surface area (Å²) in [4.78, 5) is 15.0. The van der Waals surface area contributed by atoms with Crippen LogP contribution in [0.3, 0.4) is 0 Å². The minimum Gasteiger partial charge on any atom is -0.287 e. The molecule has 0 radical (unpaired) electrons. The van der Waals surface area contributed by atoms with Gasteiger partial charge in [0.15, 0.2) is 0 Å². The standard InChI is InChI=1S/C22H19ClN2O3S/c1-15-7-10-17(11-8-15)14-24-19-5-3-4-6-21(19)29(27,28)25(22(24)26)20-13-18(23)12-9-16(20)2/h3-13H,14H2,1-2H3. The van der Waals surface area contributed by atoms with E-state index in [1.807, 2.05) is 31.2 Å². The van der Waals surface area contributed by atoms with Crippen LogP contribution in [0.5, 0.6) is 0 Å². The van der Waals surface area contributed by atoms with E-state index in [2.05, 4.69) is 0 Å². The highest BCUT2D eigenvalue weighted by atomic mass is 35.5. The summed E-state index contributed by atoms with van der Waals surface area (Å²) in [5, 5.41) is 0.359. The number of hydrogen-bond acceptors (Lipinski definition) is 3. The zero-order valence-electron chi connectivity index (χ0n) is 16.0. The fourth-order valence-electron chi connectivity index (χ4n) is 3.37. The number of anilines is 2. The second-order valence-electron chi connectivity index (χ2n) is 7.02. The Morgan fingerprint density at radius 1 is 0.897 bits per heavy atom. The van der Waals surface area contributed by atoms with Crippen LogP contribution < -0.4 is 9.21 Å². The van der Waals surface area contributed by atoms with Crippen LogP contribution >= 0.6 is 11.6 Å². The first-order valence-electron chi connectivity index (χ1n) is 9.06. The number of aryl methyl sites for hydroxylation is 2. The Balaban J connectivity index is 1.89. The average molecular weight is 427 g/mol. The van der Waals surface area contributed by atoms with E-state index in [1.165, 1.54) is 17.0 Å². The molecule has 2 amide bonds. The van der Waals surface area contributed by atoms with E-state index in [1.54, 1.807) is 37.3 Å². The Morgan fingerprint density at radius 3 is 2.31 bits per heavy atom. The number of urea groups is 1. The van der Waals surface area contributed by atoms with Crippen LogP contribution in [-0.4, -0.2) is 14.4 Å². The van der Waals surface area contributed by atoms with Gasteiger partial charge in [-0.05, 0) is 49.2 Å². The van der Waals surface area contributed by atoms with Crippen LogP contribution in [0, 0.1) is 13.8 Å². The molecule has 0 fully saturated rings. The molecule has 0 atom stereocenters. The van der Waals surface area contributed by atoms with Crippen LogP contribution in [0.25, 0.3) is 0 Å². The third-order valence-corrected chi connectivity index (χ3v) is 6.90. The number of para-hydroxylation sites is 1. The van der Waals surface area contributed by atoms with Crippen molar-refractivity contribution in [2.24, 2.45) is 0 Å². The number of halogens is 1. The molecule has 0 unspecified atom stereocenters. The average Bonchev–Trinajstić information content (AvgIpc) is 2.69. The normalized spacial score (nSPS) is 15.3. The fourth-order valence-corrected chi connectivity index (χ4v) is 5.19. The van der Waals surface area contributed by atoms with Gasteiger partial charge < -0.3 is 0 Å². The number of carbonyl (C=O) groups is 1. The van der Waals surface area contributed by atoms with Gasteiger partial charge in [-0.2, -0.15) is 4.31 Å². The topological polar surface area (TPSA) is 57.7 Å². The lowest BCUT2D eigenvalue weighted by molar-refractivity contribution is 0.253. The van der Waals surface area contributed by atoms with Crippen molar-refractivity contribution < 1.29 is 13.2 Å². The highest BCUT2D eigenvalue weighted by molar-refractivity contribution is 7.94. The van der Waals surface area contributed by atoms with E-state index < -0.39 is 16.1 Å². The van der Waals surface area contributed by atoms with Crippen LogP contribution in [0.2, 0.25) is 5.02 Å². The summed E-state index contributed by atoms with van der Waals surface area (Å²) in [6.45, 7) is 3.99. The number of nitrogens with zero attached hydrogens (tertiary/aromatic N) is 2. The summed E-state index contributed by atoms with van der Waals surface area (Å²) < 4.78 is 27.6. The number of rotatable bonds is 3. The van der Waals surface area contributed by atoms with Gasteiger partial charge in [-0.25, -0.2) is 13.2 Å². The number of fused-ring (bicyclic) bond motifs is 1. The maximum atomic E-state index is 13.5. The smallest absolute Gasteiger partial charge is 0.287 e. The maximum Gasteiger partial charge on any atom is 0.343 e. The minimum atomic E-state index is -4.07. The Morgan fingerprint density at radius 2 is 1.59 bits per heavy atom. The fraction of sp³-hybridized carbons (Fsp3) is 0.136. The van der Waals surface area contributed by atoms with Gasteiger partial charge in [-0.1, -0.05) is 59.6 Å². The van der Waals surface area contributed by atoms with Crippen molar-refractivity contribution in [3.63, 3.8) is 0 Å². The predicted octanol–water partition coefficient (Wildman–Crippen LogP) is 5.29. The van der Waals surface area contributed by atoms with E-state index in [9.17, 15) is 13.2 Å². The van der Waals surface area contributed by atoms with Gasteiger partial charge in [-0.3, -0.25) is 4.90 Å². The van der Waals surface area contributed by atoms with Crippen molar-refractivity contribution in [2.45, 2.75) is 25.3 Å². The van der Waals surface area contributed by atoms with E-state index in [-0.39, 0.29) is 17.1 Å². The van der Waals surface area contributed by atoms with Gasteiger partial charge in [0, 0.05) is 5.02 Å². The summed E-state index contributed by atoms with van der Waals surface area (Å²) in [5.74, 6) is 0. The molecule has 0 N–H and O–H groups in total. The lowest BCUT2D eigenvalue weighted by atomic mass is 10.1. The summed E-state index contributed by atoms with van der Waals surface area (Å²) >= 11 is 6.11. The van der Waals surface area contributed by atoms with Crippen molar-refractivity contribution in [3.05, 3.63) is 88.4 Å². The lowest BCUT2D eigenvalue weighted by Crippen LogP contribution is -2.51. The zero-order chi connectivity index (χ0) is 20.8. The highest BCUT2D eigenvalue weighted by Crippen LogP contribution is 2.39. The molecule has 0 aliphatic carbocycles. The Kier molecular flexibility index (Phi) is 4.84. The van der Waals surface area contributed by atoms with Crippen LogP contribution in [-0.2, 0) is 16.6 Å². The minimum absolute atomic E-state index is 0.0890. The summed E-state index contributed by atoms with van der Waals surface area (Å²) in [5.41, 5.74) is 3.28. The van der Waals surface area contributed by atoms with Crippen molar-refractivity contribution in [1.29, 1.82) is 0 Å². The quantitative estimate of drug-likeness (QED) is 0.571. The molecule has 0 aromatic heterocycles. The third kappa shape index (κ3) is 3.39. The molecule has 0 saturated carbocycles. The molecule has 0 saturated heterocycles. The molecule has 148 valence electrons. The second-order valence-corrected chi connectivity index (χ2v) is 9.21. The number of benzene rings is 3. The number of amides is 2. The zero-order valence-corrected chi connectivity index (χ0v) is 17.5. The van der Waals surface area contributed by atoms with Crippen LogP contribution in [0.15, 0.2) is 71.6 Å². The number of carbonyl (C=O) groups excluding carboxylic acids is 1. The largest absolute Gasteiger partial charge is 0.343 e. The molecular weight excluding hydrogens is 408 g/mol. The lowest BCUT2D eigenvalue weighted by Gasteiger charge is -2.36. The van der Waals surface area contributed by atoms with Gasteiger partial charge in [0.2, 0.25) is 0 Å². The predicted molar refractivity (Wildman–Crippen MR) is 115 cm³/mol. The van der Waals surface area contributed by atoms with E-state index in [0.29, 0.717) is 16.3 Å². The van der Waals surface area contributed by atoms with Crippen LogP contribution in [0.4, 0.5) is 16.2 Å². The molecule has 3 aromatic rings. The van der Waals surface area contributed by atoms with Gasteiger partial charge >= 0.3 is 6.03 Å². The first kappa shape index (κ1) is 19.5. The van der Waals surface area contributed by atoms with Crippen molar-refractivity contribution >= 4 is 39.0 Å². The molecule has 3 aromatic carbocycles. The third-order valence-electron chi connectivity index (χ3n) is 4.93. The van der Waals surface area contributed by atoms with E-state index >= 15 is 0 Å². The highest BCUT2D eigenvalue weighted by Gasteiger charge is 2.42. The Hall–Kier alpha value is -2.83.